The predicted molar refractivity (Wildman–Crippen MR) is 101 cm³/mol. The van der Waals surface area contributed by atoms with Gasteiger partial charge in [0.25, 0.3) is 5.91 Å². The van der Waals surface area contributed by atoms with E-state index in [2.05, 4.69) is 5.32 Å². The van der Waals surface area contributed by atoms with Crippen LogP contribution < -0.4 is 5.32 Å². The Hall–Kier alpha value is -2.21. The van der Waals surface area contributed by atoms with E-state index < -0.39 is 5.97 Å². The SMILES string of the molecule is O=C(NCC1CCCCC1)c1ccccc1SCc1occc1C(=O)O. The van der Waals surface area contributed by atoms with Gasteiger partial charge >= 0.3 is 5.97 Å². The number of hydrogen-bond donors (Lipinski definition) is 2. The van der Waals surface area contributed by atoms with Crippen LogP contribution in [0.5, 0.6) is 0 Å². The van der Waals surface area contributed by atoms with Gasteiger partial charge in [-0.25, -0.2) is 4.79 Å². The van der Waals surface area contributed by atoms with Crippen LogP contribution in [-0.4, -0.2) is 23.5 Å². The lowest BCUT2D eigenvalue weighted by Crippen LogP contribution is -2.30. The van der Waals surface area contributed by atoms with Crippen molar-refractivity contribution < 1.29 is 19.1 Å². The first kappa shape index (κ1) is 18.6. The summed E-state index contributed by atoms with van der Waals surface area (Å²) in [5, 5.41) is 12.2. The van der Waals surface area contributed by atoms with Crippen molar-refractivity contribution in [2.75, 3.05) is 6.54 Å². The summed E-state index contributed by atoms with van der Waals surface area (Å²) in [7, 11) is 0. The van der Waals surface area contributed by atoms with E-state index in [0.717, 1.165) is 11.4 Å². The molecule has 0 saturated heterocycles. The molecular formula is C20H23NO4S. The van der Waals surface area contributed by atoms with E-state index in [4.69, 9.17) is 9.52 Å². The second kappa shape index (κ2) is 8.94. The average molecular weight is 373 g/mol. The zero-order valence-electron chi connectivity index (χ0n) is 14.6. The van der Waals surface area contributed by atoms with Crippen molar-refractivity contribution in [2.24, 2.45) is 5.92 Å². The van der Waals surface area contributed by atoms with Crippen molar-refractivity contribution in [3.63, 3.8) is 0 Å². The van der Waals surface area contributed by atoms with E-state index in [9.17, 15) is 9.59 Å². The molecule has 1 heterocycles. The van der Waals surface area contributed by atoms with Gasteiger partial charge in [0.15, 0.2) is 0 Å². The van der Waals surface area contributed by atoms with Crippen molar-refractivity contribution in [1.82, 2.24) is 5.32 Å². The summed E-state index contributed by atoms with van der Waals surface area (Å²) in [4.78, 5) is 24.6. The van der Waals surface area contributed by atoms with Crippen LogP contribution in [-0.2, 0) is 5.75 Å². The van der Waals surface area contributed by atoms with Crippen molar-refractivity contribution in [2.45, 2.75) is 42.8 Å². The minimum absolute atomic E-state index is 0.0726. The van der Waals surface area contributed by atoms with E-state index in [1.54, 1.807) is 6.07 Å². The van der Waals surface area contributed by atoms with E-state index in [0.29, 0.717) is 23.0 Å². The predicted octanol–water partition coefficient (Wildman–Crippen LogP) is 4.58. The van der Waals surface area contributed by atoms with Gasteiger partial charge in [-0.05, 0) is 37.0 Å². The first-order valence-corrected chi connectivity index (χ1v) is 9.93. The first-order valence-electron chi connectivity index (χ1n) is 8.95. The van der Waals surface area contributed by atoms with Gasteiger partial charge in [-0.3, -0.25) is 4.79 Å². The Kier molecular flexibility index (Phi) is 6.39. The molecule has 0 atom stereocenters. The van der Waals surface area contributed by atoms with Crippen LogP contribution in [0, 0.1) is 5.92 Å². The van der Waals surface area contributed by atoms with Crippen LogP contribution >= 0.6 is 11.8 Å². The molecule has 138 valence electrons. The van der Waals surface area contributed by atoms with Crippen molar-refractivity contribution >= 4 is 23.6 Å². The fourth-order valence-electron chi connectivity index (χ4n) is 3.29. The largest absolute Gasteiger partial charge is 0.478 e. The zero-order valence-corrected chi connectivity index (χ0v) is 15.4. The second-order valence-electron chi connectivity index (χ2n) is 6.56. The molecule has 2 N–H and O–H groups in total. The lowest BCUT2D eigenvalue weighted by molar-refractivity contribution is 0.0694. The van der Waals surface area contributed by atoms with Crippen LogP contribution in [0.1, 0.15) is 58.6 Å². The van der Waals surface area contributed by atoms with Crippen LogP contribution in [0.2, 0.25) is 0 Å². The van der Waals surface area contributed by atoms with Gasteiger partial charge in [0.1, 0.15) is 11.3 Å². The molecule has 1 aliphatic rings. The molecule has 0 bridgehead atoms. The number of amides is 1. The van der Waals surface area contributed by atoms with Gasteiger partial charge in [-0.15, -0.1) is 11.8 Å². The molecular weight excluding hydrogens is 350 g/mol. The number of furan rings is 1. The molecule has 0 radical (unpaired) electrons. The molecule has 1 aliphatic carbocycles. The Morgan fingerprint density at radius 2 is 1.88 bits per heavy atom. The quantitative estimate of drug-likeness (QED) is 0.695. The fourth-order valence-corrected chi connectivity index (χ4v) is 4.29. The third kappa shape index (κ3) is 4.69. The second-order valence-corrected chi connectivity index (χ2v) is 7.58. The molecule has 1 fully saturated rings. The summed E-state index contributed by atoms with van der Waals surface area (Å²) in [5.74, 6) is 0.264. The highest BCUT2D eigenvalue weighted by Gasteiger charge is 2.18. The van der Waals surface area contributed by atoms with Crippen molar-refractivity contribution in [3.8, 4) is 0 Å². The maximum atomic E-state index is 12.6. The maximum Gasteiger partial charge on any atom is 0.339 e. The molecule has 0 spiro atoms. The Labute approximate surface area is 157 Å². The number of carboxylic acids is 1. The number of carbonyl (C=O) groups excluding carboxylic acids is 1. The van der Waals surface area contributed by atoms with E-state index in [1.807, 2.05) is 18.2 Å². The smallest absolute Gasteiger partial charge is 0.339 e. The summed E-state index contributed by atoms with van der Waals surface area (Å²) in [6.07, 6.45) is 7.56. The molecule has 6 heteroatoms. The Morgan fingerprint density at radius 3 is 2.65 bits per heavy atom. The minimum atomic E-state index is -1.01. The number of nitrogens with one attached hydrogen (secondary N) is 1. The number of thioether (sulfide) groups is 1. The molecule has 26 heavy (non-hydrogen) atoms. The third-order valence-corrected chi connectivity index (χ3v) is 5.82. The normalized spacial score (nSPS) is 14.9. The van der Waals surface area contributed by atoms with E-state index in [-0.39, 0.29) is 11.5 Å². The van der Waals surface area contributed by atoms with Crippen LogP contribution in [0.25, 0.3) is 0 Å². The van der Waals surface area contributed by atoms with Gasteiger partial charge in [0, 0.05) is 11.4 Å². The van der Waals surface area contributed by atoms with Crippen molar-refractivity contribution in [1.29, 1.82) is 0 Å². The molecule has 1 aromatic heterocycles. The third-order valence-electron chi connectivity index (χ3n) is 4.74. The Morgan fingerprint density at radius 1 is 1.12 bits per heavy atom. The average Bonchev–Trinajstić information content (AvgIpc) is 3.14. The highest BCUT2D eigenvalue weighted by atomic mass is 32.2. The van der Waals surface area contributed by atoms with E-state index >= 15 is 0 Å². The first-order chi connectivity index (χ1) is 12.6. The van der Waals surface area contributed by atoms with Crippen LogP contribution in [0.3, 0.4) is 0 Å². The minimum Gasteiger partial charge on any atom is -0.478 e. The van der Waals surface area contributed by atoms with Crippen LogP contribution in [0.15, 0.2) is 45.9 Å². The standard InChI is InChI=1S/C20H23NO4S/c22-19(21-12-14-6-2-1-3-7-14)16-8-4-5-9-18(16)26-13-17-15(20(23)24)10-11-25-17/h4-5,8-11,14H,1-3,6-7,12-13H2,(H,21,22)(H,23,24). The van der Waals surface area contributed by atoms with Gasteiger partial charge in [-0.1, -0.05) is 31.4 Å². The molecule has 1 aromatic carbocycles. The molecule has 2 aromatic rings. The molecule has 0 aliphatic heterocycles. The summed E-state index contributed by atoms with van der Waals surface area (Å²) in [5.41, 5.74) is 0.786. The molecule has 5 nitrogen and oxygen atoms in total. The van der Waals surface area contributed by atoms with Crippen molar-refractivity contribution in [3.05, 3.63) is 53.5 Å². The van der Waals surface area contributed by atoms with Gasteiger partial charge in [0.05, 0.1) is 17.6 Å². The van der Waals surface area contributed by atoms with Gasteiger partial charge in [0.2, 0.25) is 0 Å². The Bertz CT molecular complexity index is 765. The fraction of sp³-hybridized carbons (Fsp3) is 0.400. The maximum absolute atomic E-state index is 12.6. The number of hydrogen-bond acceptors (Lipinski definition) is 4. The monoisotopic (exact) mass is 373 g/mol. The lowest BCUT2D eigenvalue weighted by Gasteiger charge is -2.22. The number of carboxylic acid groups (broad SMARTS) is 1. The summed E-state index contributed by atoms with van der Waals surface area (Å²) in [6, 6.07) is 8.85. The zero-order chi connectivity index (χ0) is 18.4. The number of benzene rings is 1. The number of rotatable bonds is 7. The van der Waals surface area contributed by atoms with Crippen LogP contribution in [0.4, 0.5) is 0 Å². The highest BCUT2D eigenvalue weighted by molar-refractivity contribution is 7.98. The van der Waals surface area contributed by atoms with Gasteiger partial charge in [-0.2, -0.15) is 0 Å². The summed E-state index contributed by atoms with van der Waals surface area (Å²) >= 11 is 1.41. The molecule has 3 rings (SSSR count). The lowest BCUT2D eigenvalue weighted by atomic mass is 9.89. The highest BCUT2D eigenvalue weighted by Crippen LogP contribution is 2.28. The topological polar surface area (TPSA) is 79.5 Å². The van der Waals surface area contributed by atoms with Gasteiger partial charge < -0.3 is 14.8 Å². The number of aromatic carboxylic acids is 1. The molecule has 1 saturated carbocycles. The summed E-state index contributed by atoms with van der Waals surface area (Å²) < 4.78 is 5.27. The van der Waals surface area contributed by atoms with E-state index in [1.165, 1.54) is 56.2 Å². The Balaban J connectivity index is 1.62. The number of carbonyl (C=O) groups is 2. The molecule has 0 unspecified atom stereocenters. The molecule has 1 amide bonds. The summed E-state index contributed by atoms with van der Waals surface area (Å²) in [6.45, 7) is 0.721.